The smallest absolute Gasteiger partial charge is 0.341 e. The van der Waals surface area contributed by atoms with Crippen LogP contribution < -0.4 is 9.46 Å². The zero-order valence-electron chi connectivity index (χ0n) is 19.8. The van der Waals surface area contributed by atoms with E-state index in [1.165, 1.54) is 25.0 Å². The number of aromatic carboxylic acids is 1. The number of piperidine rings is 1. The number of rotatable bonds is 7. The number of carboxylic acids is 1. The molecule has 3 aliphatic heterocycles. The van der Waals surface area contributed by atoms with Crippen molar-refractivity contribution in [1.29, 1.82) is 0 Å². The topological polar surface area (TPSA) is 78.9 Å². The van der Waals surface area contributed by atoms with Gasteiger partial charge in [-0.25, -0.2) is 13.4 Å². The quantitative estimate of drug-likeness (QED) is 0.564. The normalized spacial score (nSPS) is 29.6. The van der Waals surface area contributed by atoms with Crippen molar-refractivity contribution in [2.24, 2.45) is 11.8 Å². The lowest BCUT2D eigenvalue weighted by Crippen LogP contribution is -2.43. The second-order valence-electron chi connectivity index (χ2n) is 10.5. The number of halogens is 1. The van der Waals surface area contributed by atoms with E-state index in [1.54, 1.807) is 12.1 Å². The molecule has 2 aromatic carbocycles. The van der Waals surface area contributed by atoms with Crippen molar-refractivity contribution in [3.63, 3.8) is 0 Å². The minimum Gasteiger partial charge on any atom is -0.492 e. The van der Waals surface area contributed by atoms with Crippen molar-refractivity contribution in [3.05, 3.63) is 52.8 Å². The number of nitrogens with zero attached hydrogens (tertiary/aromatic N) is 1. The van der Waals surface area contributed by atoms with Crippen molar-refractivity contribution in [3.8, 4) is 5.75 Å². The minimum absolute atomic E-state index is 0.0216. The molecule has 0 amide bonds. The van der Waals surface area contributed by atoms with Crippen LogP contribution in [0.15, 0.2) is 35.2 Å². The Balaban J connectivity index is 1.25. The molecule has 0 spiro atoms. The van der Waals surface area contributed by atoms with Gasteiger partial charge in [0.25, 0.3) is 0 Å². The molecule has 186 valence electrons. The summed E-state index contributed by atoms with van der Waals surface area (Å²) in [5, 5.41) is 9.94. The second-order valence-corrected chi connectivity index (χ2v) is 11.7. The summed E-state index contributed by atoms with van der Waals surface area (Å²) in [5.41, 5.74) is 1.94. The Labute approximate surface area is 207 Å². The zero-order chi connectivity index (χ0) is 24.3. The van der Waals surface area contributed by atoms with Crippen LogP contribution in [0.3, 0.4) is 0 Å². The number of fused-ring (bicyclic) bond motifs is 5. The predicted molar refractivity (Wildman–Crippen MR) is 132 cm³/mol. The zero-order valence-corrected chi connectivity index (χ0v) is 20.7. The Morgan fingerprint density at radius 3 is 2.69 bits per heavy atom. The van der Waals surface area contributed by atoms with Gasteiger partial charge >= 0.3 is 5.97 Å². The average Bonchev–Trinajstić information content (AvgIpc) is 3.57. The van der Waals surface area contributed by atoms with Crippen LogP contribution in [0, 0.1) is 17.7 Å². The molecular weight excluding hydrogens is 467 g/mol. The van der Waals surface area contributed by atoms with Gasteiger partial charge in [-0.3, -0.25) is 4.90 Å². The number of ether oxygens (including phenoxy) is 1. The summed E-state index contributed by atoms with van der Waals surface area (Å²) >= 11 is 0. The number of hydrogen-bond donors (Lipinski definition) is 2. The van der Waals surface area contributed by atoms with Crippen molar-refractivity contribution in [2.45, 2.75) is 68.3 Å². The van der Waals surface area contributed by atoms with Gasteiger partial charge in [0.05, 0.1) is 17.2 Å². The molecule has 2 bridgehead atoms. The number of nitrogens with one attached hydrogen (secondary N) is 1. The molecule has 6 nitrogen and oxygen atoms in total. The molecule has 2 aromatic rings. The summed E-state index contributed by atoms with van der Waals surface area (Å²) in [6, 6.07) is 9.12. The highest BCUT2D eigenvalue weighted by atomic mass is 32.2. The van der Waals surface area contributed by atoms with E-state index >= 15 is 0 Å². The van der Waals surface area contributed by atoms with Crippen molar-refractivity contribution in [1.82, 2.24) is 4.90 Å². The minimum atomic E-state index is -1.74. The summed E-state index contributed by atoms with van der Waals surface area (Å²) in [5.74, 6) is 0.176. The molecule has 0 aromatic heterocycles. The first-order valence-corrected chi connectivity index (χ1v) is 13.8. The van der Waals surface area contributed by atoms with Crippen LogP contribution in [0.5, 0.6) is 5.75 Å². The van der Waals surface area contributed by atoms with Crippen molar-refractivity contribution in [2.75, 3.05) is 17.9 Å². The molecule has 2 saturated heterocycles. The van der Waals surface area contributed by atoms with E-state index in [-0.39, 0.29) is 17.1 Å². The molecule has 3 fully saturated rings. The largest absolute Gasteiger partial charge is 0.492 e. The Morgan fingerprint density at radius 2 is 1.97 bits per heavy atom. The Kier molecular flexibility index (Phi) is 5.84. The SMILES string of the molecule is CCN1[C@@H]2CC[C@H]1CC(Cc1cc(F)ccc1S(=O)Nc1ccc3c(c1C(=O)O)OC[C@@H]1C[C@H]31)C2. The van der Waals surface area contributed by atoms with E-state index in [1.807, 2.05) is 6.07 Å². The summed E-state index contributed by atoms with van der Waals surface area (Å²) in [4.78, 5) is 15.3. The van der Waals surface area contributed by atoms with Gasteiger partial charge in [0.15, 0.2) is 11.0 Å². The highest BCUT2D eigenvalue weighted by molar-refractivity contribution is 7.86. The standard InChI is InChI=1S/C27H31FN2O4S/c1-2-30-19-4-5-20(30)11-15(10-19)9-16-12-18(28)3-8-24(16)35(33)29-23-7-6-21-22-13-17(22)14-34-26(21)25(23)27(31)32/h3,6-8,12,15,17,19-20,22,29H,2,4-5,9-11,13-14H2,1H3,(H,31,32)/t15?,17-,19-,20+,22-,35?/m0/s1. The molecule has 6 atom stereocenters. The summed E-state index contributed by atoms with van der Waals surface area (Å²) in [7, 11) is -1.74. The second kappa shape index (κ2) is 8.89. The number of anilines is 1. The van der Waals surface area contributed by atoms with Gasteiger partial charge in [0.1, 0.15) is 17.1 Å². The summed E-state index contributed by atoms with van der Waals surface area (Å²) < 4.78 is 36.4. The maximum Gasteiger partial charge on any atom is 0.341 e. The maximum atomic E-state index is 14.3. The van der Waals surface area contributed by atoms with E-state index in [0.717, 1.165) is 36.9 Å². The molecule has 1 aliphatic carbocycles. The Morgan fingerprint density at radius 1 is 1.20 bits per heavy atom. The van der Waals surface area contributed by atoms with E-state index < -0.39 is 17.0 Å². The highest BCUT2D eigenvalue weighted by Gasteiger charge is 2.45. The van der Waals surface area contributed by atoms with Crippen LogP contribution in [0.25, 0.3) is 0 Å². The van der Waals surface area contributed by atoms with Crippen LogP contribution in [-0.2, 0) is 17.4 Å². The van der Waals surface area contributed by atoms with Gasteiger partial charge in [-0.2, -0.15) is 0 Å². The van der Waals surface area contributed by atoms with Gasteiger partial charge < -0.3 is 14.6 Å². The summed E-state index contributed by atoms with van der Waals surface area (Å²) in [6.07, 6.45) is 6.29. The van der Waals surface area contributed by atoms with E-state index in [9.17, 15) is 18.5 Å². The third-order valence-electron chi connectivity index (χ3n) is 8.45. The molecule has 2 N–H and O–H groups in total. The molecule has 0 radical (unpaired) electrons. The molecule has 1 saturated carbocycles. The molecule has 3 heterocycles. The predicted octanol–water partition coefficient (Wildman–Crippen LogP) is 4.96. The number of hydrogen-bond acceptors (Lipinski definition) is 4. The van der Waals surface area contributed by atoms with Crippen molar-refractivity contribution >= 4 is 22.6 Å². The maximum absolute atomic E-state index is 14.3. The number of carboxylic acid groups (broad SMARTS) is 1. The fourth-order valence-electron chi connectivity index (χ4n) is 6.77. The summed E-state index contributed by atoms with van der Waals surface area (Å²) in [6.45, 7) is 3.80. The third kappa shape index (κ3) is 4.14. The lowest BCUT2D eigenvalue weighted by atomic mass is 9.86. The fraction of sp³-hybridized carbons (Fsp3) is 0.519. The van der Waals surface area contributed by atoms with E-state index in [4.69, 9.17) is 4.74 Å². The van der Waals surface area contributed by atoms with Crippen molar-refractivity contribution < 1.29 is 23.2 Å². The third-order valence-corrected chi connectivity index (χ3v) is 9.65. The van der Waals surface area contributed by atoms with Crippen LogP contribution in [0.4, 0.5) is 10.1 Å². The number of carbonyl (C=O) groups is 1. The molecule has 4 aliphatic rings. The average molecular weight is 499 g/mol. The van der Waals surface area contributed by atoms with Gasteiger partial charge in [-0.05, 0) is 92.3 Å². The van der Waals surface area contributed by atoms with E-state index in [0.29, 0.717) is 53.5 Å². The fourth-order valence-corrected chi connectivity index (χ4v) is 7.82. The molecule has 2 unspecified atom stereocenters. The van der Waals surface area contributed by atoms with Crippen LogP contribution in [0.2, 0.25) is 0 Å². The highest BCUT2D eigenvalue weighted by Crippen LogP contribution is 2.55. The number of benzene rings is 2. The van der Waals surface area contributed by atoms with E-state index in [2.05, 4.69) is 16.5 Å². The van der Waals surface area contributed by atoms with Gasteiger partial charge in [0, 0.05) is 18.0 Å². The molecule has 8 heteroatoms. The molecule has 6 rings (SSSR count). The van der Waals surface area contributed by atoms with Gasteiger partial charge in [0.2, 0.25) is 0 Å². The lowest BCUT2D eigenvalue weighted by Gasteiger charge is -2.38. The van der Waals surface area contributed by atoms with Crippen LogP contribution in [-0.4, -0.2) is 45.4 Å². The van der Waals surface area contributed by atoms with Crippen LogP contribution >= 0.6 is 0 Å². The Hall–Kier alpha value is -2.45. The first kappa shape index (κ1) is 23.0. The monoisotopic (exact) mass is 498 g/mol. The van der Waals surface area contributed by atoms with Crippen LogP contribution in [0.1, 0.15) is 66.4 Å². The first-order valence-electron chi connectivity index (χ1n) is 12.7. The van der Waals surface area contributed by atoms with Gasteiger partial charge in [-0.1, -0.05) is 13.0 Å². The lowest BCUT2D eigenvalue weighted by molar-refractivity contribution is 0.0692. The molecule has 35 heavy (non-hydrogen) atoms. The Bertz CT molecular complexity index is 1190. The van der Waals surface area contributed by atoms with Gasteiger partial charge in [-0.15, -0.1) is 0 Å². The first-order chi connectivity index (χ1) is 16.9. The molecular formula is C27H31FN2O4S.